The summed E-state index contributed by atoms with van der Waals surface area (Å²) in [5.74, 6) is 0. The molecule has 1 aromatic carbocycles. The standard InChI is InChI=1S/C13H14Cl2N2/c1-2-17-4-3-10(9-17)8-16-13-6-11(14)5-12(15)7-13/h3-7,9,16H,2,8H2,1H3. The molecule has 2 rings (SSSR count). The summed E-state index contributed by atoms with van der Waals surface area (Å²) in [6, 6.07) is 7.55. The largest absolute Gasteiger partial charge is 0.381 e. The van der Waals surface area contributed by atoms with Gasteiger partial charge in [0.05, 0.1) is 0 Å². The van der Waals surface area contributed by atoms with Gasteiger partial charge in [0.1, 0.15) is 0 Å². The topological polar surface area (TPSA) is 17.0 Å². The molecule has 17 heavy (non-hydrogen) atoms. The summed E-state index contributed by atoms with van der Waals surface area (Å²) in [5, 5.41) is 4.59. The second-order valence-electron chi connectivity index (χ2n) is 3.86. The molecule has 0 radical (unpaired) electrons. The maximum absolute atomic E-state index is 5.93. The van der Waals surface area contributed by atoms with E-state index < -0.39 is 0 Å². The summed E-state index contributed by atoms with van der Waals surface area (Å²) in [5.41, 5.74) is 2.18. The molecule has 90 valence electrons. The Morgan fingerprint density at radius 1 is 1.18 bits per heavy atom. The van der Waals surface area contributed by atoms with Gasteiger partial charge < -0.3 is 9.88 Å². The molecule has 0 bridgehead atoms. The monoisotopic (exact) mass is 268 g/mol. The van der Waals surface area contributed by atoms with Crippen molar-refractivity contribution in [3.63, 3.8) is 0 Å². The minimum atomic E-state index is 0.645. The van der Waals surface area contributed by atoms with E-state index in [9.17, 15) is 0 Å². The summed E-state index contributed by atoms with van der Waals surface area (Å²) in [4.78, 5) is 0. The molecule has 0 saturated carbocycles. The predicted molar refractivity (Wildman–Crippen MR) is 73.9 cm³/mol. The van der Waals surface area contributed by atoms with E-state index in [4.69, 9.17) is 23.2 Å². The van der Waals surface area contributed by atoms with Crippen molar-refractivity contribution in [3.05, 3.63) is 52.3 Å². The van der Waals surface area contributed by atoms with Crippen molar-refractivity contribution < 1.29 is 0 Å². The number of hydrogen-bond donors (Lipinski definition) is 1. The lowest BCUT2D eigenvalue weighted by molar-refractivity contribution is 0.766. The van der Waals surface area contributed by atoms with Crippen LogP contribution in [0, 0.1) is 0 Å². The third kappa shape index (κ3) is 3.42. The second kappa shape index (κ2) is 5.48. The summed E-state index contributed by atoms with van der Waals surface area (Å²) < 4.78 is 2.14. The van der Waals surface area contributed by atoms with Gasteiger partial charge in [0, 0.05) is 41.2 Å². The summed E-state index contributed by atoms with van der Waals surface area (Å²) >= 11 is 11.9. The highest BCUT2D eigenvalue weighted by molar-refractivity contribution is 6.35. The molecule has 0 fully saturated rings. The van der Waals surface area contributed by atoms with Gasteiger partial charge in [-0.2, -0.15) is 0 Å². The molecule has 0 spiro atoms. The van der Waals surface area contributed by atoms with Crippen molar-refractivity contribution in [2.24, 2.45) is 0 Å². The zero-order valence-electron chi connectivity index (χ0n) is 9.58. The van der Waals surface area contributed by atoms with Crippen LogP contribution in [0.1, 0.15) is 12.5 Å². The molecule has 2 nitrogen and oxygen atoms in total. The zero-order chi connectivity index (χ0) is 12.3. The Hall–Kier alpha value is -1.12. The molecule has 2 aromatic rings. The van der Waals surface area contributed by atoms with Gasteiger partial charge in [-0.15, -0.1) is 0 Å². The first-order valence-corrected chi connectivity index (χ1v) is 6.27. The molecule has 1 aromatic heterocycles. The highest BCUT2D eigenvalue weighted by Gasteiger charge is 1.99. The maximum Gasteiger partial charge on any atom is 0.0441 e. The minimum absolute atomic E-state index is 0.645. The van der Waals surface area contributed by atoms with Crippen molar-refractivity contribution in [3.8, 4) is 0 Å². The Labute approximate surface area is 111 Å². The van der Waals surface area contributed by atoms with Gasteiger partial charge in [-0.05, 0) is 36.8 Å². The average Bonchev–Trinajstić information content (AvgIpc) is 2.73. The average molecular weight is 269 g/mol. The number of rotatable bonds is 4. The predicted octanol–water partition coefficient (Wildman–Crippen LogP) is 4.43. The smallest absolute Gasteiger partial charge is 0.0441 e. The fourth-order valence-corrected chi connectivity index (χ4v) is 2.18. The number of benzene rings is 1. The Balaban J connectivity index is 2.01. The van der Waals surface area contributed by atoms with Crippen LogP contribution in [-0.2, 0) is 13.1 Å². The van der Waals surface area contributed by atoms with Gasteiger partial charge in [0.15, 0.2) is 0 Å². The molecule has 0 aliphatic rings. The SMILES string of the molecule is CCn1ccc(CNc2cc(Cl)cc(Cl)c2)c1. The van der Waals surface area contributed by atoms with Gasteiger partial charge in [-0.1, -0.05) is 23.2 Å². The summed E-state index contributed by atoms with van der Waals surface area (Å²) in [7, 11) is 0. The van der Waals surface area contributed by atoms with Crippen LogP contribution in [0.4, 0.5) is 5.69 Å². The lowest BCUT2D eigenvalue weighted by Gasteiger charge is -2.06. The van der Waals surface area contributed by atoms with Crippen molar-refractivity contribution in [1.82, 2.24) is 4.57 Å². The molecule has 4 heteroatoms. The molecular weight excluding hydrogens is 255 g/mol. The van der Waals surface area contributed by atoms with Gasteiger partial charge in [-0.3, -0.25) is 0 Å². The lowest BCUT2D eigenvalue weighted by Crippen LogP contribution is -1.98. The third-order valence-electron chi connectivity index (χ3n) is 2.54. The first kappa shape index (κ1) is 12.3. The fraction of sp³-hybridized carbons (Fsp3) is 0.231. The van der Waals surface area contributed by atoms with Gasteiger partial charge in [-0.25, -0.2) is 0 Å². The van der Waals surface area contributed by atoms with Gasteiger partial charge >= 0.3 is 0 Å². The lowest BCUT2D eigenvalue weighted by atomic mass is 10.3. The number of nitrogens with one attached hydrogen (secondary N) is 1. The molecule has 0 amide bonds. The molecule has 0 atom stereocenters. The van der Waals surface area contributed by atoms with E-state index in [0.29, 0.717) is 10.0 Å². The Morgan fingerprint density at radius 3 is 2.47 bits per heavy atom. The van der Waals surface area contributed by atoms with Crippen molar-refractivity contribution in [2.75, 3.05) is 5.32 Å². The number of anilines is 1. The number of aryl methyl sites for hydroxylation is 1. The van der Waals surface area contributed by atoms with Crippen LogP contribution in [0.25, 0.3) is 0 Å². The van der Waals surface area contributed by atoms with Crippen LogP contribution in [0.2, 0.25) is 10.0 Å². The summed E-state index contributed by atoms with van der Waals surface area (Å²) in [6.45, 7) is 3.88. The van der Waals surface area contributed by atoms with Crippen LogP contribution in [-0.4, -0.2) is 4.57 Å². The molecule has 1 N–H and O–H groups in total. The first-order valence-electron chi connectivity index (χ1n) is 5.52. The molecule has 1 heterocycles. The van der Waals surface area contributed by atoms with E-state index in [1.54, 1.807) is 6.07 Å². The minimum Gasteiger partial charge on any atom is -0.381 e. The number of hydrogen-bond acceptors (Lipinski definition) is 1. The Bertz CT molecular complexity index is 486. The van der Waals surface area contributed by atoms with E-state index in [1.807, 2.05) is 12.1 Å². The van der Waals surface area contributed by atoms with E-state index in [1.165, 1.54) is 5.56 Å². The van der Waals surface area contributed by atoms with Crippen LogP contribution in [0.3, 0.4) is 0 Å². The summed E-state index contributed by atoms with van der Waals surface area (Å²) in [6.07, 6.45) is 4.20. The highest BCUT2D eigenvalue weighted by atomic mass is 35.5. The normalized spacial score (nSPS) is 10.5. The van der Waals surface area contributed by atoms with Crippen molar-refractivity contribution >= 4 is 28.9 Å². The third-order valence-corrected chi connectivity index (χ3v) is 2.97. The van der Waals surface area contributed by atoms with E-state index >= 15 is 0 Å². The van der Waals surface area contributed by atoms with Gasteiger partial charge in [0.2, 0.25) is 0 Å². The fourth-order valence-electron chi connectivity index (χ4n) is 1.65. The number of halogens is 2. The number of nitrogens with zero attached hydrogens (tertiary/aromatic N) is 1. The molecule has 0 saturated heterocycles. The Kier molecular flexibility index (Phi) is 3.97. The van der Waals surface area contributed by atoms with Gasteiger partial charge in [0.25, 0.3) is 0 Å². The molecular formula is C13H14Cl2N2. The van der Waals surface area contributed by atoms with Crippen LogP contribution in [0.5, 0.6) is 0 Å². The maximum atomic E-state index is 5.93. The van der Waals surface area contributed by atoms with Crippen LogP contribution < -0.4 is 5.32 Å². The number of aromatic nitrogens is 1. The van der Waals surface area contributed by atoms with Crippen molar-refractivity contribution in [2.45, 2.75) is 20.0 Å². The van der Waals surface area contributed by atoms with E-state index in [2.05, 4.69) is 35.3 Å². The van der Waals surface area contributed by atoms with E-state index in [-0.39, 0.29) is 0 Å². The molecule has 0 unspecified atom stereocenters. The van der Waals surface area contributed by atoms with Crippen molar-refractivity contribution in [1.29, 1.82) is 0 Å². The Morgan fingerprint density at radius 2 is 1.88 bits per heavy atom. The zero-order valence-corrected chi connectivity index (χ0v) is 11.1. The van der Waals surface area contributed by atoms with Crippen LogP contribution in [0.15, 0.2) is 36.7 Å². The quantitative estimate of drug-likeness (QED) is 0.868. The highest BCUT2D eigenvalue weighted by Crippen LogP contribution is 2.22. The van der Waals surface area contributed by atoms with E-state index in [0.717, 1.165) is 18.8 Å². The van der Waals surface area contributed by atoms with Crippen LogP contribution >= 0.6 is 23.2 Å². The molecule has 0 aliphatic heterocycles. The first-order chi connectivity index (χ1) is 8.17. The molecule has 0 aliphatic carbocycles. The second-order valence-corrected chi connectivity index (χ2v) is 4.73.